The maximum atomic E-state index is 13.7. The van der Waals surface area contributed by atoms with Crippen molar-refractivity contribution in [2.24, 2.45) is 10.2 Å². The fraction of sp³-hybridized carbons (Fsp3) is 0.125. The number of carbonyl (C=O) groups excluding carboxylic acids is 2. The van der Waals surface area contributed by atoms with E-state index in [1.54, 1.807) is 25.1 Å². The topological polar surface area (TPSA) is 132 Å². The number of esters is 1. The normalized spacial score (nSPS) is 15.3. The Balaban J connectivity index is 1.67. The van der Waals surface area contributed by atoms with Crippen LogP contribution in [0.1, 0.15) is 23.0 Å². The van der Waals surface area contributed by atoms with E-state index in [4.69, 9.17) is 14.3 Å². The SMILES string of the molecule is CCOC(=O)c1cccc(-c2ccc(C=C3C(=O)N(c4ccc(S(N)(=O)=O)cc4)N=C3C(F)(F)F)o2)c1. The number of benzene rings is 2. The van der Waals surface area contributed by atoms with E-state index in [-0.39, 0.29) is 34.3 Å². The predicted octanol–water partition coefficient (Wildman–Crippen LogP) is 4.12. The third-order valence-corrected chi connectivity index (χ3v) is 6.06. The molecule has 192 valence electrons. The molecule has 1 aliphatic heterocycles. The first kappa shape index (κ1) is 25.9. The maximum absolute atomic E-state index is 13.7. The van der Waals surface area contributed by atoms with E-state index in [9.17, 15) is 31.2 Å². The molecule has 0 atom stereocenters. The largest absolute Gasteiger partial charge is 0.462 e. The van der Waals surface area contributed by atoms with Crippen LogP contribution in [-0.4, -0.2) is 38.8 Å². The number of carbonyl (C=O) groups is 2. The van der Waals surface area contributed by atoms with Gasteiger partial charge in [0, 0.05) is 5.56 Å². The van der Waals surface area contributed by atoms with Crippen molar-refractivity contribution in [1.82, 2.24) is 0 Å². The summed E-state index contributed by atoms with van der Waals surface area (Å²) in [6, 6.07) is 13.4. The molecular formula is C24H18F3N3O6S. The second kappa shape index (κ2) is 9.67. The Morgan fingerprint density at radius 2 is 1.84 bits per heavy atom. The van der Waals surface area contributed by atoms with Gasteiger partial charge in [0.25, 0.3) is 5.91 Å². The lowest BCUT2D eigenvalue weighted by atomic mass is 10.1. The van der Waals surface area contributed by atoms with E-state index in [0.717, 1.165) is 30.3 Å². The highest BCUT2D eigenvalue weighted by Crippen LogP contribution is 2.34. The number of hydrogen-bond donors (Lipinski definition) is 1. The molecule has 0 bridgehead atoms. The summed E-state index contributed by atoms with van der Waals surface area (Å²) in [4.78, 5) is 24.6. The molecule has 0 unspecified atom stereocenters. The van der Waals surface area contributed by atoms with E-state index in [1.165, 1.54) is 18.2 Å². The molecule has 0 saturated carbocycles. The Hall–Kier alpha value is -4.23. The van der Waals surface area contributed by atoms with Gasteiger partial charge in [0.15, 0.2) is 5.71 Å². The van der Waals surface area contributed by atoms with Gasteiger partial charge in [-0.3, -0.25) is 4.79 Å². The molecule has 0 spiro atoms. The van der Waals surface area contributed by atoms with E-state index in [0.29, 0.717) is 10.6 Å². The molecular weight excluding hydrogens is 515 g/mol. The zero-order chi connectivity index (χ0) is 27.0. The van der Waals surface area contributed by atoms with Crippen molar-refractivity contribution in [3.05, 3.63) is 77.6 Å². The first-order valence-corrected chi connectivity index (χ1v) is 12.2. The van der Waals surface area contributed by atoms with E-state index < -0.39 is 39.4 Å². The number of ether oxygens (including phenoxy) is 1. The number of nitrogens with zero attached hydrogens (tertiary/aromatic N) is 2. The summed E-state index contributed by atoms with van der Waals surface area (Å²) >= 11 is 0. The summed E-state index contributed by atoms with van der Waals surface area (Å²) in [7, 11) is -4.04. The van der Waals surface area contributed by atoms with Gasteiger partial charge < -0.3 is 9.15 Å². The number of anilines is 1. The molecule has 1 aromatic heterocycles. The smallest absolute Gasteiger partial charge is 0.435 e. The highest BCUT2D eigenvalue weighted by Gasteiger charge is 2.47. The van der Waals surface area contributed by atoms with E-state index in [2.05, 4.69) is 5.10 Å². The highest BCUT2D eigenvalue weighted by atomic mass is 32.2. The molecule has 0 radical (unpaired) electrons. The standard InChI is InChI=1S/C24H18F3N3O6S/c1-2-35-23(32)15-5-3-4-14(12-15)20-11-8-17(36-20)13-19-21(24(25,26)27)29-30(22(19)31)16-6-9-18(10-7-16)37(28,33)34/h3-13H,2H2,1H3,(H2,28,33,34). The van der Waals surface area contributed by atoms with Gasteiger partial charge in [-0.05, 0) is 61.5 Å². The molecule has 1 aliphatic rings. The van der Waals surface area contributed by atoms with Crippen molar-refractivity contribution in [3.63, 3.8) is 0 Å². The van der Waals surface area contributed by atoms with Gasteiger partial charge in [-0.1, -0.05) is 12.1 Å². The van der Waals surface area contributed by atoms with Crippen molar-refractivity contribution in [2.75, 3.05) is 11.6 Å². The number of furan rings is 1. The van der Waals surface area contributed by atoms with Crippen LogP contribution < -0.4 is 10.1 Å². The van der Waals surface area contributed by atoms with Crippen molar-refractivity contribution < 1.29 is 40.3 Å². The van der Waals surface area contributed by atoms with Crippen molar-refractivity contribution >= 4 is 39.4 Å². The number of amides is 1. The number of rotatable bonds is 6. The van der Waals surface area contributed by atoms with Crippen molar-refractivity contribution in [2.45, 2.75) is 18.0 Å². The van der Waals surface area contributed by atoms with Crippen LogP contribution >= 0.6 is 0 Å². The van der Waals surface area contributed by atoms with Crippen LogP contribution in [0.2, 0.25) is 0 Å². The number of hydrogen-bond acceptors (Lipinski definition) is 7. The summed E-state index contributed by atoms with van der Waals surface area (Å²) in [6.07, 6.45) is -4.06. The van der Waals surface area contributed by atoms with Crippen LogP contribution in [0.3, 0.4) is 0 Å². The van der Waals surface area contributed by atoms with Crippen LogP contribution in [0.4, 0.5) is 18.9 Å². The van der Waals surface area contributed by atoms with Crippen molar-refractivity contribution in [1.29, 1.82) is 0 Å². The summed E-state index contributed by atoms with van der Waals surface area (Å²) in [6.45, 7) is 1.85. The first-order valence-electron chi connectivity index (χ1n) is 10.6. The fourth-order valence-corrected chi connectivity index (χ4v) is 3.96. The zero-order valence-electron chi connectivity index (χ0n) is 19.0. The minimum absolute atomic E-state index is 0.0664. The van der Waals surface area contributed by atoms with Gasteiger partial charge in [-0.25, -0.2) is 18.4 Å². The average Bonchev–Trinajstić information content (AvgIpc) is 3.44. The lowest BCUT2D eigenvalue weighted by Gasteiger charge is -2.11. The van der Waals surface area contributed by atoms with Crippen LogP contribution in [0, 0.1) is 0 Å². The molecule has 3 aromatic rings. The summed E-state index contributed by atoms with van der Waals surface area (Å²) in [5.74, 6) is -1.47. The number of alkyl halides is 3. The van der Waals surface area contributed by atoms with E-state index >= 15 is 0 Å². The minimum atomic E-state index is -4.97. The molecule has 2 aromatic carbocycles. The Morgan fingerprint density at radius 3 is 2.46 bits per heavy atom. The molecule has 0 aliphatic carbocycles. The second-order valence-electron chi connectivity index (χ2n) is 7.66. The molecule has 2 heterocycles. The predicted molar refractivity (Wildman–Crippen MR) is 127 cm³/mol. The molecule has 37 heavy (non-hydrogen) atoms. The maximum Gasteiger partial charge on any atom is 0.435 e. The lowest BCUT2D eigenvalue weighted by molar-refractivity contribution is -0.114. The van der Waals surface area contributed by atoms with Crippen molar-refractivity contribution in [3.8, 4) is 11.3 Å². The molecule has 0 fully saturated rings. The Bertz CT molecular complexity index is 1540. The second-order valence-corrected chi connectivity index (χ2v) is 9.22. The van der Waals surface area contributed by atoms with Gasteiger partial charge >= 0.3 is 12.1 Å². The third kappa shape index (κ3) is 5.47. The fourth-order valence-electron chi connectivity index (χ4n) is 3.45. The highest BCUT2D eigenvalue weighted by molar-refractivity contribution is 7.89. The quantitative estimate of drug-likeness (QED) is 0.375. The molecule has 4 rings (SSSR count). The molecule has 0 saturated heterocycles. The molecule has 9 nitrogen and oxygen atoms in total. The monoisotopic (exact) mass is 533 g/mol. The van der Waals surface area contributed by atoms with Crippen LogP contribution in [0.25, 0.3) is 17.4 Å². The summed E-state index contributed by atoms with van der Waals surface area (Å²) in [5.41, 5.74) is -1.59. The Labute approximate surface area is 208 Å². The van der Waals surface area contributed by atoms with Gasteiger partial charge in [-0.15, -0.1) is 0 Å². The summed E-state index contributed by atoms with van der Waals surface area (Å²) in [5, 5.41) is 8.96. The van der Waals surface area contributed by atoms with Crippen LogP contribution in [-0.2, 0) is 19.6 Å². The minimum Gasteiger partial charge on any atom is -0.462 e. The average molecular weight is 533 g/mol. The number of hydrazone groups is 1. The van der Waals surface area contributed by atoms with Crippen LogP contribution in [0.15, 0.2) is 80.7 Å². The van der Waals surface area contributed by atoms with Gasteiger partial charge in [0.2, 0.25) is 10.0 Å². The summed E-state index contributed by atoms with van der Waals surface area (Å²) < 4.78 is 74.6. The molecule has 13 heteroatoms. The number of nitrogens with two attached hydrogens (primary N) is 1. The van der Waals surface area contributed by atoms with Gasteiger partial charge in [-0.2, -0.15) is 23.3 Å². The van der Waals surface area contributed by atoms with E-state index in [1.807, 2.05) is 0 Å². The van der Waals surface area contributed by atoms with Gasteiger partial charge in [0.1, 0.15) is 11.5 Å². The Morgan fingerprint density at radius 1 is 1.14 bits per heavy atom. The van der Waals surface area contributed by atoms with Crippen LogP contribution in [0.5, 0.6) is 0 Å². The molecule has 2 N–H and O–H groups in total. The number of halogens is 3. The molecule has 1 amide bonds. The third-order valence-electron chi connectivity index (χ3n) is 5.13. The lowest BCUT2D eigenvalue weighted by Crippen LogP contribution is -2.25. The zero-order valence-corrected chi connectivity index (χ0v) is 19.8. The first-order chi connectivity index (χ1) is 17.4. The van der Waals surface area contributed by atoms with Gasteiger partial charge in [0.05, 0.1) is 28.3 Å². The number of sulfonamides is 1. The Kier molecular flexibility index (Phi) is 6.76. The number of primary sulfonamides is 1.